The van der Waals surface area contributed by atoms with Gasteiger partial charge in [-0.25, -0.2) is 0 Å². The molecular weight excluding hydrogens is 186 g/mol. The lowest BCUT2D eigenvalue weighted by atomic mass is 9.80. The monoisotopic (exact) mass is 207 g/mol. The van der Waals surface area contributed by atoms with Crippen molar-refractivity contribution in [1.82, 2.24) is 9.78 Å². The Kier molecular flexibility index (Phi) is 3.10. The van der Waals surface area contributed by atoms with Gasteiger partial charge >= 0.3 is 0 Å². The van der Waals surface area contributed by atoms with Crippen LogP contribution < -0.4 is 5.73 Å². The summed E-state index contributed by atoms with van der Waals surface area (Å²) in [5.74, 6) is 1.65. The van der Waals surface area contributed by atoms with Crippen molar-refractivity contribution in [3.05, 3.63) is 18.0 Å². The summed E-state index contributed by atoms with van der Waals surface area (Å²) >= 11 is 0. The Balaban J connectivity index is 2.09. The Hall–Kier alpha value is -0.830. The van der Waals surface area contributed by atoms with Gasteiger partial charge in [0, 0.05) is 12.7 Å². The smallest absolute Gasteiger partial charge is 0.0760 e. The highest BCUT2D eigenvalue weighted by Crippen LogP contribution is 2.35. The highest BCUT2D eigenvalue weighted by Gasteiger charge is 2.25. The minimum atomic E-state index is 0.546. The van der Waals surface area contributed by atoms with Crippen LogP contribution in [0.1, 0.15) is 44.8 Å². The average Bonchev–Trinajstić information content (AvgIpc) is 2.64. The van der Waals surface area contributed by atoms with E-state index in [9.17, 15) is 0 Å². The quantitative estimate of drug-likeness (QED) is 0.809. The van der Waals surface area contributed by atoms with Gasteiger partial charge in [-0.1, -0.05) is 13.8 Å². The van der Waals surface area contributed by atoms with E-state index in [1.807, 2.05) is 6.07 Å². The van der Waals surface area contributed by atoms with Gasteiger partial charge in [-0.2, -0.15) is 5.10 Å². The predicted molar refractivity (Wildman–Crippen MR) is 61.3 cm³/mol. The second kappa shape index (κ2) is 4.35. The van der Waals surface area contributed by atoms with Crippen LogP contribution in [0.3, 0.4) is 0 Å². The van der Waals surface area contributed by atoms with Crippen molar-refractivity contribution in [3.8, 4) is 0 Å². The van der Waals surface area contributed by atoms with Crippen LogP contribution in [0, 0.1) is 11.8 Å². The third-order valence-electron chi connectivity index (χ3n) is 3.40. The fourth-order valence-electron chi connectivity index (χ4n) is 2.81. The van der Waals surface area contributed by atoms with Crippen LogP contribution in [0.5, 0.6) is 0 Å². The molecule has 1 saturated carbocycles. The summed E-state index contributed by atoms with van der Waals surface area (Å²) in [6.45, 7) is 5.23. The van der Waals surface area contributed by atoms with Crippen LogP contribution in [-0.2, 0) is 6.54 Å². The minimum Gasteiger partial charge on any atom is -0.325 e. The standard InChI is InChI=1S/C12H21N3/c1-9-5-10(2)7-12(6-9)15-4-3-11(8-13)14-15/h3-4,9-10,12H,5-8,13H2,1-2H3. The van der Waals surface area contributed by atoms with Gasteiger partial charge in [0.1, 0.15) is 0 Å². The highest BCUT2D eigenvalue weighted by atomic mass is 15.3. The molecule has 0 saturated heterocycles. The Labute approximate surface area is 91.7 Å². The van der Waals surface area contributed by atoms with Crippen LogP contribution in [0.15, 0.2) is 12.3 Å². The van der Waals surface area contributed by atoms with Crippen LogP contribution in [-0.4, -0.2) is 9.78 Å². The first-order valence-electron chi connectivity index (χ1n) is 5.93. The molecule has 1 aliphatic rings. The van der Waals surface area contributed by atoms with Crippen molar-refractivity contribution >= 4 is 0 Å². The van der Waals surface area contributed by atoms with Gasteiger partial charge in [0.2, 0.25) is 0 Å². The molecule has 1 heterocycles. The number of aromatic nitrogens is 2. The maximum atomic E-state index is 5.57. The van der Waals surface area contributed by atoms with Crippen LogP contribution in [0.25, 0.3) is 0 Å². The van der Waals surface area contributed by atoms with Crippen LogP contribution in [0.4, 0.5) is 0 Å². The molecule has 84 valence electrons. The molecule has 0 amide bonds. The molecule has 1 aromatic heterocycles. The van der Waals surface area contributed by atoms with Crippen LogP contribution in [0.2, 0.25) is 0 Å². The molecule has 0 bridgehead atoms. The van der Waals surface area contributed by atoms with Crippen molar-refractivity contribution < 1.29 is 0 Å². The topological polar surface area (TPSA) is 43.8 Å². The molecule has 1 aliphatic carbocycles. The van der Waals surface area contributed by atoms with E-state index < -0.39 is 0 Å². The lowest BCUT2D eigenvalue weighted by molar-refractivity contribution is 0.209. The number of rotatable bonds is 2. The minimum absolute atomic E-state index is 0.546. The van der Waals surface area contributed by atoms with Crippen LogP contribution >= 0.6 is 0 Å². The summed E-state index contributed by atoms with van der Waals surface area (Å²) in [5.41, 5.74) is 6.57. The molecule has 2 rings (SSSR count). The normalized spacial score (nSPS) is 31.8. The maximum Gasteiger partial charge on any atom is 0.0760 e. The third-order valence-corrected chi connectivity index (χ3v) is 3.40. The molecule has 3 heteroatoms. The second-order valence-electron chi connectivity index (χ2n) is 5.06. The lowest BCUT2D eigenvalue weighted by Gasteiger charge is -2.31. The van der Waals surface area contributed by atoms with E-state index >= 15 is 0 Å². The molecule has 15 heavy (non-hydrogen) atoms. The Morgan fingerprint density at radius 1 is 1.33 bits per heavy atom. The summed E-state index contributed by atoms with van der Waals surface area (Å²) in [6.07, 6.45) is 5.96. The summed E-state index contributed by atoms with van der Waals surface area (Å²) < 4.78 is 2.12. The largest absolute Gasteiger partial charge is 0.325 e. The summed E-state index contributed by atoms with van der Waals surface area (Å²) in [7, 11) is 0. The van der Waals surface area contributed by atoms with Gasteiger partial charge in [-0.15, -0.1) is 0 Å². The third kappa shape index (κ3) is 2.40. The lowest BCUT2D eigenvalue weighted by Crippen LogP contribution is -2.23. The average molecular weight is 207 g/mol. The first-order chi connectivity index (χ1) is 7.19. The molecule has 1 aromatic rings. The van der Waals surface area contributed by atoms with Gasteiger partial charge in [0.05, 0.1) is 11.7 Å². The van der Waals surface area contributed by atoms with Crippen molar-refractivity contribution in [3.63, 3.8) is 0 Å². The fourth-order valence-corrected chi connectivity index (χ4v) is 2.81. The van der Waals surface area contributed by atoms with E-state index in [0.29, 0.717) is 12.6 Å². The van der Waals surface area contributed by atoms with Crippen molar-refractivity contribution in [2.45, 2.75) is 45.7 Å². The van der Waals surface area contributed by atoms with Gasteiger partial charge < -0.3 is 5.73 Å². The number of nitrogens with zero attached hydrogens (tertiary/aromatic N) is 2. The van der Waals surface area contributed by atoms with Gasteiger partial charge in [0.25, 0.3) is 0 Å². The van der Waals surface area contributed by atoms with Crippen molar-refractivity contribution in [2.24, 2.45) is 17.6 Å². The number of hydrogen-bond acceptors (Lipinski definition) is 2. The summed E-state index contributed by atoms with van der Waals surface area (Å²) in [5, 5.41) is 4.51. The molecule has 0 aromatic carbocycles. The molecule has 0 radical (unpaired) electrons. The van der Waals surface area contributed by atoms with E-state index in [-0.39, 0.29) is 0 Å². The first-order valence-corrected chi connectivity index (χ1v) is 5.93. The van der Waals surface area contributed by atoms with Gasteiger partial charge in [0.15, 0.2) is 0 Å². The molecule has 2 N–H and O–H groups in total. The molecular formula is C12H21N3. The maximum absolute atomic E-state index is 5.57. The Morgan fingerprint density at radius 3 is 2.53 bits per heavy atom. The SMILES string of the molecule is CC1CC(C)CC(n2ccc(CN)n2)C1. The second-order valence-corrected chi connectivity index (χ2v) is 5.06. The molecule has 1 fully saturated rings. The Bertz CT molecular complexity index is 308. The molecule has 2 unspecified atom stereocenters. The highest BCUT2D eigenvalue weighted by molar-refractivity contribution is 4.99. The van der Waals surface area contributed by atoms with Gasteiger partial charge in [-0.3, -0.25) is 4.68 Å². The number of nitrogens with two attached hydrogens (primary N) is 1. The molecule has 0 spiro atoms. The van der Waals surface area contributed by atoms with Crippen molar-refractivity contribution in [1.29, 1.82) is 0 Å². The van der Waals surface area contributed by atoms with Crippen molar-refractivity contribution in [2.75, 3.05) is 0 Å². The van der Waals surface area contributed by atoms with E-state index in [2.05, 4.69) is 29.8 Å². The molecule has 2 atom stereocenters. The Morgan fingerprint density at radius 2 is 2.00 bits per heavy atom. The van der Waals surface area contributed by atoms with Gasteiger partial charge in [-0.05, 0) is 37.2 Å². The van der Waals surface area contributed by atoms with E-state index in [1.54, 1.807) is 0 Å². The van der Waals surface area contributed by atoms with E-state index in [0.717, 1.165) is 17.5 Å². The van der Waals surface area contributed by atoms with E-state index in [4.69, 9.17) is 5.73 Å². The summed E-state index contributed by atoms with van der Waals surface area (Å²) in [4.78, 5) is 0. The van der Waals surface area contributed by atoms with E-state index in [1.165, 1.54) is 19.3 Å². The molecule has 3 nitrogen and oxygen atoms in total. The fraction of sp³-hybridized carbons (Fsp3) is 0.750. The zero-order valence-corrected chi connectivity index (χ0v) is 9.69. The first kappa shape index (κ1) is 10.7. The number of hydrogen-bond donors (Lipinski definition) is 1. The summed E-state index contributed by atoms with van der Waals surface area (Å²) in [6, 6.07) is 2.62. The zero-order chi connectivity index (χ0) is 10.8. The predicted octanol–water partition coefficient (Wildman–Crippen LogP) is 2.34. The zero-order valence-electron chi connectivity index (χ0n) is 9.69. The molecule has 0 aliphatic heterocycles.